The molecule has 4 heteroatoms. The molecule has 0 radical (unpaired) electrons. The second kappa shape index (κ2) is 5.64. The van der Waals surface area contributed by atoms with Crippen molar-refractivity contribution in [1.29, 1.82) is 0 Å². The molecule has 4 atom stereocenters. The van der Waals surface area contributed by atoms with Gasteiger partial charge in [0.2, 0.25) is 0 Å². The molecule has 1 aliphatic rings. The quantitative estimate of drug-likeness (QED) is 0.732. The summed E-state index contributed by atoms with van der Waals surface area (Å²) in [6, 6.07) is 0.979. The molecule has 4 nitrogen and oxygen atoms in total. The van der Waals surface area contributed by atoms with Gasteiger partial charge in [-0.3, -0.25) is 9.69 Å². The van der Waals surface area contributed by atoms with Crippen LogP contribution in [0.5, 0.6) is 0 Å². The van der Waals surface area contributed by atoms with E-state index < -0.39 is 0 Å². The Hall–Kier alpha value is -0.610. The van der Waals surface area contributed by atoms with Gasteiger partial charge in [-0.2, -0.15) is 0 Å². The zero-order chi connectivity index (χ0) is 12.3. The standard InChI is InChI=1S/C12H24N2O2/c1-8-7-11(13)5-6-14(8)10(3)9(2)12(15)16-4/h8-11H,5-7,13H2,1-4H3. The fourth-order valence-corrected chi connectivity index (χ4v) is 2.50. The highest BCUT2D eigenvalue weighted by Crippen LogP contribution is 2.22. The Morgan fingerprint density at radius 2 is 2.12 bits per heavy atom. The number of likely N-dealkylation sites (tertiary alicyclic amines) is 1. The van der Waals surface area contributed by atoms with Crippen molar-refractivity contribution in [3.8, 4) is 0 Å². The summed E-state index contributed by atoms with van der Waals surface area (Å²) in [7, 11) is 1.45. The molecule has 0 saturated carbocycles. The maximum Gasteiger partial charge on any atom is 0.309 e. The van der Waals surface area contributed by atoms with Gasteiger partial charge in [0.15, 0.2) is 0 Å². The Balaban J connectivity index is 2.59. The molecule has 0 spiro atoms. The minimum atomic E-state index is -0.130. The molecule has 1 heterocycles. The predicted molar refractivity (Wildman–Crippen MR) is 64.0 cm³/mol. The van der Waals surface area contributed by atoms with Gasteiger partial charge in [0.1, 0.15) is 0 Å². The van der Waals surface area contributed by atoms with Crippen molar-refractivity contribution in [3.63, 3.8) is 0 Å². The van der Waals surface area contributed by atoms with Crippen LogP contribution < -0.4 is 5.73 Å². The summed E-state index contributed by atoms with van der Waals surface area (Å²) < 4.78 is 4.79. The van der Waals surface area contributed by atoms with E-state index in [-0.39, 0.29) is 17.9 Å². The van der Waals surface area contributed by atoms with Gasteiger partial charge in [-0.05, 0) is 26.7 Å². The van der Waals surface area contributed by atoms with Crippen LogP contribution in [0.25, 0.3) is 0 Å². The third-order valence-corrected chi connectivity index (χ3v) is 3.79. The maximum absolute atomic E-state index is 11.5. The van der Waals surface area contributed by atoms with Gasteiger partial charge in [0.25, 0.3) is 0 Å². The lowest BCUT2D eigenvalue weighted by molar-refractivity contribution is -0.147. The van der Waals surface area contributed by atoms with Gasteiger partial charge < -0.3 is 10.5 Å². The summed E-state index contributed by atoms with van der Waals surface area (Å²) in [5.41, 5.74) is 5.93. The van der Waals surface area contributed by atoms with Crippen LogP contribution in [0, 0.1) is 5.92 Å². The summed E-state index contributed by atoms with van der Waals surface area (Å²) in [5.74, 6) is -0.212. The zero-order valence-corrected chi connectivity index (χ0v) is 10.8. The van der Waals surface area contributed by atoms with E-state index in [1.165, 1.54) is 7.11 Å². The van der Waals surface area contributed by atoms with Gasteiger partial charge in [-0.1, -0.05) is 6.92 Å². The Morgan fingerprint density at radius 1 is 1.50 bits per heavy atom. The first-order valence-electron chi connectivity index (χ1n) is 6.06. The second-order valence-corrected chi connectivity index (χ2v) is 4.92. The minimum absolute atomic E-state index is 0.0817. The Morgan fingerprint density at radius 3 is 2.62 bits per heavy atom. The molecule has 1 fully saturated rings. The lowest BCUT2D eigenvalue weighted by atomic mass is 9.93. The predicted octanol–water partition coefficient (Wildman–Crippen LogP) is 0.996. The van der Waals surface area contributed by atoms with Crippen molar-refractivity contribution in [3.05, 3.63) is 0 Å². The van der Waals surface area contributed by atoms with Crippen molar-refractivity contribution in [2.45, 2.75) is 51.7 Å². The lowest BCUT2D eigenvalue weighted by Gasteiger charge is -2.41. The molecule has 0 aliphatic carbocycles. The lowest BCUT2D eigenvalue weighted by Crippen LogP contribution is -2.52. The normalized spacial score (nSPS) is 30.8. The summed E-state index contributed by atoms with van der Waals surface area (Å²) >= 11 is 0. The highest BCUT2D eigenvalue weighted by molar-refractivity contribution is 5.72. The molecule has 0 bridgehead atoms. The Labute approximate surface area is 98.1 Å². The largest absolute Gasteiger partial charge is 0.469 e. The molecular weight excluding hydrogens is 204 g/mol. The minimum Gasteiger partial charge on any atom is -0.469 e. The van der Waals surface area contributed by atoms with Crippen LogP contribution in [0.2, 0.25) is 0 Å². The zero-order valence-electron chi connectivity index (χ0n) is 10.8. The van der Waals surface area contributed by atoms with Crippen LogP contribution in [0.1, 0.15) is 33.6 Å². The smallest absolute Gasteiger partial charge is 0.309 e. The number of nitrogens with two attached hydrogens (primary N) is 1. The number of ether oxygens (including phenoxy) is 1. The van der Waals surface area contributed by atoms with Crippen LogP contribution in [0.3, 0.4) is 0 Å². The van der Waals surface area contributed by atoms with E-state index in [2.05, 4.69) is 18.7 Å². The number of nitrogens with zero attached hydrogens (tertiary/aromatic N) is 1. The van der Waals surface area contributed by atoms with Crippen LogP contribution in [0.4, 0.5) is 0 Å². The van der Waals surface area contributed by atoms with Crippen molar-refractivity contribution in [1.82, 2.24) is 4.90 Å². The number of carbonyl (C=O) groups is 1. The topological polar surface area (TPSA) is 55.6 Å². The molecule has 4 unspecified atom stereocenters. The van der Waals surface area contributed by atoms with Crippen molar-refractivity contribution < 1.29 is 9.53 Å². The number of carbonyl (C=O) groups excluding carboxylic acids is 1. The van der Waals surface area contributed by atoms with E-state index in [0.29, 0.717) is 12.1 Å². The van der Waals surface area contributed by atoms with E-state index in [9.17, 15) is 4.79 Å². The van der Waals surface area contributed by atoms with E-state index in [4.69, 9.17) is 10.5 Å². The third kappa shape index (κ3) is 2.95. The number of hydrogen-bond acceptors (Lipinski definition) is 4. The van der Waals surface area contributed by atoms with Crippen molar-refractivity contribution in [2.75, 3.05) is 13.7 Å². The summed E-state index contributed by atoms with van der Waals surface area (Å²) in [4.78, 5) is 13.9. The number of esters is 1. The number of hydrogen-bond donors (Lipinski definition) is 1. The van der Waals surface area contributed by atoms with Crippen LogP contribution >= 0.6 is 0 Å². The van der Waals surface area contributed by atoms with Crippen LogP contribution in [-0.2, 0) is 9.53 Å². The molecule has 16 heavy (non-hydrogen) atoms. The molecule has 0 amide bonds. The number of methoxy groups -OCH3 is 1. The fraction of sp³-hybridized carbons (Fsp3) is 0.917. The van der Waals surface area contributed by atoms with Gasteiger partial charge in [-0.15, -0.1) is 0 Å². The summed E-state index contributed by atoms with van der Waals surface area (Å²) in [5, 5.41) is 0. The molecule has 0 aromatic rings. The van der Waals surface area contributed by atoms with Crippen LogP contribution in [-0.4, -0.2) is 42.6 Å². The highest BCUT2D eigenvalue weighted by atomic mass is 16.5. The van der Waals surface area contributed by atoms with E-state index in [1.807, 2.05) is 6.92 Å². The molecule has 2 N–H and O–H groups in total. The van der Waals surface area contributed by atoms with Gasteiger partial charge in [-0.25, -0.2) is 0 Å². The average molecular weight is 228 g/mol. The van der Waals surface area contributed by atoms with E-state index in [0.717, 1.165) is 19.4 Å². The SMILES string of the molecule is COC(=O)C(C)C(C)N1CCC(N)CC1C. The Bertz CT molecular complexity index is 245. The first-order valence-corrected chi connectivity index (χ1v) is 6.06. The molecule has 1 aliphatic heterocycles. The second-order valence-electron chi connectivity index (χ2n) is 4.92. The van der Waals surface area contributed by atoms with Crippen LogP contribution in [0.15, 0.2) is 0 Å². The Kier molecular flexibility index (Phi) is 4.74. The fourth-order valence-electron chi connectivity index (χ4n) is 2.50. The summed E-state index contributed by atoms with van der Waals surface area (Å²) in [6.45, 7) is 7.18. The molecule has 94 valence electrons. The van der Waals surface area contributed by atoms with Crippen molar-refractivity contribution in [2.24, 2.45) is 11.7 Å². The average Bonchev–Trinajstić information content (AvgIpc) is 2.26. The highest BCUT2D eigenvalue weighted by Gasteiger charge is 2.32. The van der Waals surface area contributed by atoms with E-state index >= 15 is 0 Å². The first-order chi connectivity index (χ1) is 7.47. The third-order valence-electron chi connectivity index (χ3n) is 3.79. The summed E-state index contributed by atoms with van der Waals surface area (Å²) in [6.07, 6.45) is 2.03. The first kappa shape index (κ1) is 13.5. The molecular formula is C12H24N2O2. The molecule has 0 aromatic heterocycles. The number of piperidine rings is 1. The maximum atomic E-state index is 11.5. The van der Waals surface area contributed by atoms with Crippen molar-refractivity contribution >= 4 is 5.97 Å². The molecule has 0 aromatic carbocycles. The monoisotopic (exact) mass is 228 g/mol. The van der Waals surface area contributed by atoms with Gasteiger partial charge in [0.05, 0.1) is 13.0 Å². The molecule has 1 saturated heterocycles. The molecule has 1 rings (SSSR count). The number of rotatable bonds is 3. The van der Waals surface area contributed by atoms with E-state index in [1.54, 1.807) is 0 Å². The van der Waals surface area contributed by atoms with Gasteiger partial charge >= 0.3 is 5.97 Å². The van der Waals surface area contributed by atoms with Gasteiger partial charge in [0, 0.05) is 24.7 Å².